The topological polar surface area (TPSA) is 29.5 Å². The number of rotatable bonds is 6. The molecule has 3 nitrogen and oxygen atoms in total. The van der Waals surface area contributed by atoms with E-state index in [1.165, 1.54) is 27.1 Å². The first kappa shape index (κ1) is 26.9. The second-order valence-corrected chi connectivity index (χ2v) is 11.5. The zero-order valence-corrected chi connectivity index (χ0v) is 25.2. The van der Waals surface area contributed by atoms with Crippen molar-refractivity contribution in [3.05, 3.63) is 151 Å². The van der Waals surface area contributed by atoms with Gasteiger partial charge in [-0.1, -0.05) is 103 Å². The standard InChI is InChI=1S/C42H31NO2/c1-3-45-42(44)38-26-32(43(31-16-5-4-6-17-31)39-21-11-13-28-12-7-8-18-34(28)39)22-23-35(38)37-25-30-15-9-19-33-27(2)24-29-14-10-20-36(37)41(29)40(30)33/h4-26H,3H2,1-2H3. The molecule has 0 amide bonds. The molecular weight excluding hydrogens is 550 g/mol. The van der Waals surface area contributed by atoms with Crippen LogP contribution in [0.25, 0.3) is 54.2 Å². The van der Waals surface area contributed by atoms with Crippen LogP contribution in [0.5, 0.6) is 0 Å². The van der Waals surface area contributed by atoms with Crippen LogP contribution in [0.4, 0.5) is 17.1 Å². The number of hydrogen-bond acceptors (Lipinski definition) is 3. The summed E-state index contributed by atoms with van der Waals surface area (Å²) in [6.07, 6.45) is 0. The fourth-order valence-electron chi connectivity index (χ4n) is 6.95. The molecule has 8 aromatic rings. The highest BCUT2D eigenvalue weighted by molar-refractivity contribution is 6.27. The highest BCUT2D eigenvalue weighted by Gasteiger charge is 2.23. The molecule has 0 aliphatic heterocycles. The Morgan fingerprint density at radius 2 is 1.22 bits per heavy atom. The summed E-state index contributed by atoms with van der Waals surface area (Å²) in [6, 6.07) is 48.7. The molecule has 0 aliphatic carbocycles. The van der Waals surface area contributed by atoms with Gasteiger partial charge in [0.1, 0.15) is 0 Å². The van der Waals surface area contributed by atoms with Gasteiger partial charge < -0.3 is 9.64 Å². The van der Waals surface area contributed by atoms with Crippen LogP contribution in [0.1, 0.15) is 22.8 Å². The second-order valence-electron chi connectivity index (χ2n) is 11.5. The molecule has 8 rings (SSSR count). The largest absolute Gasteiger partial charge is 0.462 e. The van der Waals surface area contributed by atoms with Gasteiger partial charge in [-0.05, 0) is 105 Å². The zero-order valence-electron chi connectivity index (χ0n) is 25.2. The van der Waals surface area contributed by atoms with Gasteiger partial charge >= 0.3 is 5.97 Å². The first-order valence-electron chi connectivity index (χ1n) is 15.4. The fourth-order valence-corrected chi connectivity index (χ4v) is 6.95. The predicted octanol–water partition coefficient (Wildman–Crippen LogP) is 11.4. The number of aryl methyl sites for hydroxylation is 1. The normalized spacial score (nSPS) is 11.5. The number of carbonyl (C=O) groups is 1. The lowest BCUT2D eigenvalue weighted by atomic mass is 9.86. The van der Waals surface area contributed by atoms with Crippen LogP contribution in [0, 0.1) is 6.92 Å². The summed E-state index contributed by atoms with van der Waals surface area (Å²) in [5, 5.41) is 9.54. The fraction of sp³-hybridized carbons (Fsp3) is 0.0714. The smallest absolute Gasteiger partial charge is 0.338 e. The van der Waals surface area contributed by atoms with E-state index in [4.69, 9.17) is 4.74 Å². The van der Waals surface area contributed by atoms with Gasteiger partial charge in [0.25, 0.3) is 0 Å². The third-order valence-electron chi connectivity index (χ3n) is 8.90. The lowest BCUT2D eigenvalue weighted by Gasteiger charge is -2.28. The van der Waals surface area contributed by atoms with Crippen molar-refractivity contribution in [2.75, 3.05) is 11.5 Å². The number of carbonyl (C=O) groups excluding carboxylic acids is 1. The Hall–Kier alpha value is -5.67. The quantitative estimate of drug-likeness (QED) is 0.144. The minimum Gasteiger partial charge on any atom is -0.462 e. The van der Waals surface area contributed by atoms with Gasteiger partial charge in [0.15, 0.2) is 0 Å². The Labute approximate surface area is 262 Å². The van der Waals surface area contributed by atoms with Crippen LogP contribution in [-0.2, 0) is 4.74 Å². The van der Waals surface area contributed by atoms with Gasteiger partial charge in [0.2, 0.25) is 0 Å². The maximum absolute atomic E-state index is 13.8. The molecule has 216 valence electrons. The van der Waals surface area contributed by atoms with E-state index in [0.717, 1.165) is 49.7 Å². The molecule has 0 bridgehead atoms. The molecule has 45 heavy (non-hydrogen) atoms. The van der Waals surface area contributed by atoms with Gasteiger partial charge in [0.05, 0.1) is 17.9 Å². The van der Waals surface area contributed by atoms with E-state index in [-0.39, 0.29) is 5.97 Å². The molecule has 0 radical (unpaired) electrons. The molecule has 0 fully saturated rings. The van der Waals surface area contributed by atoms with Crippen molar-refractivity contribution in [1.29, 1.82) is 0 Å². The van der Waals surface area contributed by atoms with Crippen molar-refractivity contribution in [2.24, 2.45) is 0 Å². The molecule has 0 N–H and O–H groups in total. The number of para-hydroxylation sites is 1. The van der Waals surface area contributed by atoms with Crippen molar-refractivity contribution in [1.82, 2.24) is 0 Å². The molecule has 3 heteroatoms. The molecule has 0 aromatic heterocycles. The number of fused-ring (bicyclic) bond motifs is 1. The Balaban J connectivity index is 1.40. The lowest BCUT2D eigenvalue weighted by molar-refractivity contribution is 0.0527. The maximum Gasteiger partial charge on any atom is 0.338 e. The zero-order chi connectivity index (χ0) is 30.5. The molecule has 0 saturated carbocycles. The number of nitrogens with zero attached hydrogens (tertiary/aromatic N) is 1. The number of benzene rings is 8. The van der Waals surface area contributed by atoms with Crippen LogP contribution in [-0.4, -0.2) is 12.6 Å². The molecule has 0 spiro atoms. The number of hydrogen-bond donors (Lipinski definition) is 0. The summed E-state index contributed by atoms with van der Waals surface area (Å²) in [5.41, 5.74) is 6.63. The van der Waals surface area contributed by atoms with Crippen LogP contribution in [0.3, 0.4) is 0 Å². The summed E-state index contributed by atoms with van der Waals surface area (Å²) in [4.78, 5) is 16.0. The van der Waals surface area contributed by atoms with Crippen LogP contribution in [0.2, 0.25) is 0 Å². The Kier molecular flexibility index (Phi) is 6.46. The highest BCUT2D eigenvalue weighted by atomic mass is 16.5. The van der Waals surface area contributed by atoms with Crippen molar-refractivity contribution in [2.45, 2.75) is 13.8 Å². The first-order chi connectivity index (χ1) is 22.1. The van der Waals surface area contributed by atoms with Gasteiger partial charge in [-0.25, -0.2) is 4.79 Å². The second kappa shape index (κ2) is 10.8. The number of anilines is 3. The van der Waals surface area contributed by atoms with Crippen LogP contribution < -0.4 is 4.90 Å². The third-order valence-corrected chi connectivity index (χ3v) is 8.90. The summed E-state index contributed by atoms with van der Waals surface area (Å²) in [6.45, 7) is 4.33. The summed E-state index contributed by atoms with van der Waals surface area (Å²) in [5.74, 6) is -0.332. The lowest BCUT2D eigenvalue weighted by Crippen LogP contribution is -2.13. The summed E-state index contributed by atoms with van der Waals surface area (Å²) in [7, 11) is 0. The Morgan fingerprint density at radius 1 is 0.578 bits per heavy atom. The van der Waals surface area contributed by atoms with Gasteiger partial charge in [-0.2, -0.15) is 0 Å². The van der Waals surface area contributed by atoms with Gasteiger partial charge in [-0.3, -0.25) is 0 Å². The van der Waals surface area contributed by atoms with E-state index in [0.29, 0.717) is 12.2 Å². The summed E-state index contributed by atoms with van der Waals surface area (Å²) >= 11 is 0. The minimum absolute atomic E-state index is 0.296. The van der Waals surface area contributed by atoms with Crippen molar-refractivity contribution in [3.8, 4) is 11.1 Å². The van der Waals surface area contributed by atoms with E-state index in [1.807, 2.05) is 31.2 Å². The molecule has 0 atom stereocenters. The van der Waals surface area contributed by atoms with Crippen LogP contribution in [0.15, 0.2) is 140 Å². The van der Waals surface area contributed by atoms with Gasteiger partial charge in [-0.15, -0.1) is 0 Å². The van der Waals surface area contributed by atoms with Crippen molar-refractivity contribution >= 4 is 66.1 Å². The number of ether oxygens (including phenoxy) is 1. The predicted molar refractivity (Wildman–Crippen MR) is 188 cm³/mol. The van der Waals surface area contributed by atoms with E-state index in [1.54, 1.807) is 0 Å². The van der Waals surface area contributed by atoms with Crippen LogP contribution >= 0.6 is 0 Å². The minimum atomic E-state index is -0.332. The molecule has 0 heterocycles. The van der Waals surface area contributed by atoms with Crippen molar-refractivity contribution < 1.29 is 9.53 Å². The molecule has 0 aliphatic rings. The molecule has 0 unspecified atom stereocenters. The molecule has 8 aromatic carbocycles. The first-order valence-corrected chi connectivity index (χ1v) is 15.4. The SMILES string of the molecule is CCOC(=O)c1cc(N(c2ccccc2)c2cccc3ccccc23)ccc1-c1cc2cccc3c(C)cc4cccc1c4c23. The Morgan fingerprint density at radius 3 is 2.04 bits per heavy atom. The van der Waals surface area contributed by atoms with E-state index >= 15 is 0 Å². The van der Waals surface area contributed by atoms with E-state index < -0.39 is 0 Å². The van der Waals surface area contributed by atoms with Crippen molar-refractivity contribution in [3.63, 3.8) is 0 Å². The van der Waals surface area contributed by atoms with E-state index in [2.05, 4.69) is 127 Å². The highest BCUT2D eigenvalue weighted by Crippen LogP contribution is 2.44. The third kappa shape index (κ3) is 4.39. The number of esters is 1. The molecular formula is C42H31NO2. The van der Waals surface area contributed by atoms with Gasteiger partial charge in [0, 0.05) is 16.8 Å². The average molecular weight is 582 g/mol. The average Bonchev–Trinajstić information content (AvgIpc) is 3.08. The molecule has 0 saturated heterocycles. The Bertz CT molecular complexity index is 2370. The van der Waals surface area contributed by atoms with E-state index in [9.17, 15) is 4.79 Å². The summed E-state index contributed by atoms with van der Waals surface area (Å²) < 4.78 is 5.71. The maximum atomic E-state index is 13.8. The monoisotopic (exact) mass is 581 g/mol.